The first-order valence-electron chi connectivity index (χ1n) is 6.80. The molecule has 1 atom stereocenters. The number of rotatable bonds is 3. The largest absolute Gasteiger partial charge is 0.508 e. The molecule has 0 saturated carbocycles. The molecule has 0 fully saturated rings. The van der Waals surface area contributed by atoms with E-state index in [2.05, 4.69) is 0 Å². The van der Waals surface area contributed by atoms with E-state index in [4.69, 9.17) is 4.74 Å². The van der Waals surface area contributed by atoms with E-state index >= 15 is 0 Å². The summed E-state index contributed by atoms with van der Waals surface area (Å²) in [6.07, 6.45) is 0. The molecule has 2 aromatic rings. The van der Waals surface area contributed by atoms with Gasteiger partial charge >= 0.3 is 0 Å². The van der Waals surface area contributed by atoms with Crippen molar-refractivity contribution in [1.29, 1.82) is 0 Å². The molecule has 0 radical (unpaired) electrons. The minimum atomic E-state index is -0.802. The van der Waals surface area contributed by atoms with Crippen molar-refractivity contribution in [2.45, 2.75) is 5.92 Å². The number of hydrogen-bond acceptors (Lipinski definition) is 6. The van der Waals surface area contributed by atoms with Gasteiger partial charge in [-0.2, -0.15) is 0 Å². The van der Waals surface area contributed by atoms with Gasteiger partial charge in [-0.1, -0.05) is 6.07 Å². The standard InChI is InChI=1S/C17H14O6/c1-23-17-14(10-4-2-8(18)6-12(10)20)16(22)15(17)11-5-3-9(19)7-13(11)21/h2-7,14,18-21H,1H3. The molecule has 2 aromatic carbocycles. The molecule has 6 heteroatoms. The fourth-order valence-corrected chi connectivity index (χ4v) is 2.73. The second kappa shape index (κ2) is 5.24. The van der Waals surface area contributed by atoms with Crippen LogP contribution in [0.2, 0.25) is 0 Å². The van der Waals surface area contributed by atoms with Crippen LogP contribution in [0.1, 0.15) is 17.0 Å². The summed E-state index contributed by atoms with van der Waals surface area (Å²) in [6, 6.07) is 7.86. The predicted molar refractivity (Wildman–Crippen MR) is 81.2 cm³/mol. The van der Waals surface area contributed by atoms with Crippen molar-refractivity contribution in [2.75, 3.05) is 7.11 Å². The van der Waals surface area contributed by atoms with E-state index in [1.807, 2.05) is 0 Å². The van der Waals surface area contributed by atoms with Crippen LogP contribution in [0.5, 0.6) is 23.0 Å². The number of ether oxygens (including phenoxy) is 1. The van der Waals surface area contributed by atoms with Gasteiger partial charge in [0.15, 0.2) is 5.78 Å². The summed E-state index contributed by atoms with van der Waals surface area (Å²) in [7, 11) is 1.39. The molecule has 0 saturated heterocycles. The summed E-state index contributed by atoms with van der Waals surface area (Å²) in [5.74, 6) is -1.52. The van der Waals surface area contributed by atoms with E-state index in [0.29, 0.717) is 11.3 Å². The molecule has 1 unspecified atom stereocenters. The lowest BCUT2D eigenvalue weighted by molar-refractivity contribution is -0.117. The van der Waals surface area contributed by atoms with E-state index < -0.39 is 5.92 Å². The lowest BCUT2D eigenvalue weighted by atomic mass is 9.74. The molecular formula is C17H14O6. The molecule has 4 N–H and O–H groups in total. The van der Waals surface area contributed by atoms with Crippen LogP contribution in [-0.4, -0.2) is 33.3 Å². The molecule has 0 aromatic heterocycles. The van der Waals surface area contributed by atoms with Gasteiger partial charge in [-0.15, -0.1) is 0 Å². The number of aromatic hydroxyl groups is 4. The third kappa shape index (κ3) is 2.24. The van der Waals surface area contributed by atoms with Gasteiger partial charge < -0.3 is 25.2 Å². The smallest absolute Gasteiger partial charge is 0.182 e. The van der Waals surface area contributed by atoms with Crippen LogP contribution in [0.3, 0.4) is 0 Å². The molecular weight excluding hydrogens is 300 g/mol. The minimum absolute atomic E-state index is 0.114. The van der Waals surface area contributed by atoms with E-state index in [9.17, 15) is 25.2 Å². The number of hydrogen-bond donors (Lipinski definition) is 4. The summed E-state index contributed by atoms with van der Waals surface area (Å²) < 4.78 is 5.27. The Balaban J connectivity index is 2.10. The molecule has 1 aliphatic rings. The SMILES string of the molecule is COC1=C(c2ccc(O)cc2O)C(=O)C1c1ccc(O)cc1O. The Bertz CT molecular complexity index is 837. The quantitative estimate of drug-likeness (QED) is 0.692. The zero-order valence-corrected chi connectivity index (χ0v) is 12.1. The molecule has 0 aliphatic heterocycles. The van der Waals surface area contributed by atoms with Gasteiger partial charge in [0, 0.05) is 23.3 Å². The fourth-order valence-electron chi connectivity index (χ4n) is 2.73. The predicted octanol–water partition coefficient (Wildman–Crippen LogP) is 2.23. The third-order valence-corrected chi connectivity index (χ3v) is 3.81. The van der Waals surface area contributed by atoms with Crippen LogP contribution in [0, 0.1) is 0 Å². The Labute approximate surface area is 131 Å². The monoisotopic (exact) mass is 314 g/mol. The summed E-state index contributed by atoms with van der Waals surface area (Å²) in [4.78, 5) is 12.5. The van der Waals surface area contributed by atoms with Crippen molar-refractivity contribution in [1.82, 2.24) is 0 Å². The number of phenolic OH excluding ortho intramolecular Hbond substituents is 4. The maximum Gasteiger partial charge on any atom is 0.182 e. The van der Waals surface area contributed by atoms with Gasteiger partial charge in [0.2, 0.25) is 0 Å². The molecule has 0 bridgehead atoms. The van der Waals surface area contributed by atoms with Gasteiger partial charge in [-0.25, -0.2) is 0 Å². The highest BCUT2D eigenvalue weighted by Gasteiger charge is 2.44. The number of allylic oxidation sites excluding steroid dienone is 2. The number of carbonyl (C=O) groups is 1. The van der Waals surface area contributed by atoms with Crippen molar-refractivity contribution in [2.24, 2.45) is 0 Å². The van der Waals surface area contributed by atoms with Crippen molar-refractivity contribution in [3.8, 4) is 23.0 Å². The van der Waals surface area contributed by atoms with Crippen LogP contribution in [0.25, 0.3) is 5.57 Å². The van der Waals surface area contributed by atoms with E-state index in [1.165, 1.54) is 31.4 Å². The average Bonchev–Trinajstić information content (AvgIpc) is 2.49. The molecule has 3 rings (SSSR count). The normalized spacial score (nSPS) is 17.1. The first-order valence-corrected chi connectivity index (χ1v) is 6.80. The van der Waals surface area contributed by atoms with Gasteiger partial charge in [-0.3, -0.25) is 4.79 Å². The Morgan fingerprint density at radius 1 is 0.913 bits per heavy atom. The number of carbonyl (C=O) groups excluding carboxylic acids is 1. The van der Waals surface area contributed by atoms with Crippen molar-refractivity contribution < 1.29 is 30.0 Å². The second-order valence-electron chi connectivity index (χ2n) is 5.19. The molecule has 6 nitrogen and oxygen atoms in total. The summed E-state index contributed by atoms with van der Waals surface area (Å²) >= 11 is 0. The topological polar surface area (TPSA) is 107 Å². The van der Waals surface area contributed by atoms with Gasteiger partial charge in [0.1, 0.15) is 34.7 Å². The van der Waals surface area contributed by atoms with Crippen molar-refractivity contribution in [3.63, 3.8) is 0 Å². The van der Waals surface area contributed by atoms with Crippen molar-refractivity contribution >= 4 is 11.4 Å². The summed E-state index contributed by atoms with van der Waals surface area (Å²) in [6.45, 7) is 0. The fraction of sp³-hybridized carbons (Fsp3) is 0.118. The highest BCUT2D eigenvalue weighted by molar-refractivity contribution is 6.32. The number of Topliss-reactive ketones (excluding diaryl/α,β-unsaturated/α-hetero) is 1. The van der Waals surface area contributed by atoms with Gasteiger partial charge in [-0.05, 0) is 18.2 Å². The molecule has 0 spiro atoms. The maximum absolute atomic E-state index is 12.5. The first kappa shape index (κ1) is 14.8. The number of methoxy groups -OCH3 is 1. The zero-order valence-electron chi connectivity index (χ0n) is 12.1. The highest BCUT2D eigenvalue weighted by Crippen LogP contribution is 2.49. The molecule has 1 aliphatic carbocycles. The van der Waals surface area contributed by atoms with Gasteiger partial charge in [0.25, 0.3) is 0 Å². The Hall–Kier alpha value is -3.15. The number of benzene rings is 2. The highest BCUT2D eigenvalue weighted by atomic mass is 16.5. The summed E-state index contributed by atoms with van der Waals surface area (Å²) in [5, 5.41) is 38.5. The molecule has 118 valence electrons. The van der Waals surface area contributed by atoms with Crippen LogP contribution in [0.15, 0.2) is 42.2 Å². The average molecular weight is 314 g/mol. The lowest BCUT2D eigenvalue weighted by Gasteiger charge is -2.31. The summed E-state index contributed by atoms with van der Waals surface area (Å²) in [5.41, 5.74) is 0.758. The van der Waals surface area contributed by atoms with Crippen LogP contribution < -0.4 is 0 Å². The molecule has 0 amide bonds. The second-order valence-corrected chi connectivity index (χ2v) is 5.19. The van der Waals surface area contributed by atoms with Crippen LogP contribution in [0.4, 0.5) is 0 Å². The van der Waals surface area contributed by atoms with Crippen LogP contribution in [-0.2, 0) is 9.53 Å². The lowest BCUT2D eigenvalue weighted by Crippen LogP contribution is -2.29. The Morgan fingerprint density at radius 2 is 1.52 bits per heavy atom. The zero-order chi connectivity index (χ0) is 16.7. The van der Waals surface area contributed by atoms with Crippen LogP contribution >= 0.6 is 0 Å². The Morgan fingerprint density at radius 3 is 2.09 bits per heavy atom. The Kier molecular flexibility index (Phi) is 3.37. The van der Waals surface area contributed by atoms with Gasteiger partial charge in [0.05, 0.1) is 12.7 Å². The first-order chi connectivity index (χ1) is 10.9. The third-order valence-electron chi connectivity index (χ3n) is 3.81. The molecule has 23 heavy (non-hydrogen) atoms. The van der Waals surface area contributed by atoms with E-state index in [0.717, 1.165) is 12.1 Å². The van der Waals surface area contributed by atoms with E-state index in [1.54, 1.807) is 0 Å². The van der Waals surface area contributed by atoms with Crippen molar-refractivity contribution in [3.05, 3.63) is 53.3 Å². The molecule has 0 heterocycles. The van der Waals surface area contributed by atoms with E-state index in [-0.39, 0.29) is 39.9 Å². The maximum atomic E-state index is 12.5. The number of ketones is 1. The minimum Gasteiger partial charge on any atom is -0.508 e. The number of phenols is 4.